The van der Waals surface area contributed by atoms with Crippen molar-refractivity contribution in [1.82, 2.24) is 29.5 Å². The fraction of sp³-hybridized carbons (Fsp3) is 0.188. The van der Waals surface area contributed by atoms with Gasteiger partial charge < -0.3 is 10.6 Å². The van der Waals surface area contributed by atoms with Gasteiger partial charge in [0.05, 0.1) is 11.9 Å². The van der Waals surface area contributed by atoms with Gasteiger partial charge in [-0.1, -0.05) is 0 Å². The highest BCUT2D eigenvalue weighted by atomic mass is 32.1. The van der Waals surface area contributed by atoms with Crippen LogP contribution in [0.4, 0.5) is 5.82 Å². The Morgan fingerprint density at radius 3 is 3.12 bits per heavy atom. The van der Waals surface area contributed by atoms with Crippen molar-refractivity contribution in [3.63, 3.8) is 0 Å². The topological polar surface area (TPSA) is 122 Å². The molecule has 1 aliphatic heterocycles. The minimum Gasteiger partial charge on any atom is -0.383 e. The third kappa shape index (κ3) is 2.12. The highest BCUT2D eigenvalue weighted by Crippen LogP contribution is 2.36. The van der Waals surface area contributed by atoms with Crippen molar-refractivity contribution in [2.24, 2.45) is 0 Å². The third-order valence-corrected chi connectivity index (χ3v) is 5.74. The summed E-state index contributed by atoms with van der Waals surface area (Å²) >= 11 is 1.55. The molecule has 5 heterocycles. The van der Waals surface area contributed by atoms with Gasteiger partial charge in [-0.25, -0.2) is 19.9 Å². The van der Waals surface area contributed by atoms with Crippen LogP contribution in [0.15, 0.2) is 29.5 Å². The molecule has 26 heavy (non-hydrogen) atoms. The van der Waals surface area contributed by atoms with Crippen LogP contribution in [-0.4, -0.2) is 41.9 Å². The van der Waals surface area contributed by atoms with E-state index in [1.54, 1.807) is 34.6 Å². The number of carbonyl (C=O) groups is 1. The number of nitrogens with zero attached hydrogens (tertiary/aromatic N) is 5. The molecule has 9 nitrogen and oxygen atoms in total. The lowest BCUT2D eigenvalue weighted by molar-refractivity contribution is 0.0737. The van der Waals surface area contributed by atoms with Gasteiger partial charge in [0.1, 0.15) is 17.0 Å². The summed E-state index contributed by atoms with van der Waals surface area (Å²) in [6, 6.07) is 3.25. The number of nitrogens with two attached hydrogens (primary N) is 1. The Balaban J connectivity index is 1.49. The van der Waals surface area contributed by atoms with Gasteiger partial charge in [0, 0.05) is 23.2 Å². The number of hydrogen-bond acceptors (Lipinski definition) is 7. The first-order valence-corrected chi connectivity index (χ1v) is 8.80. The van der Waals surface area contributed by atoms with Crippen molar-refractivity contribution in [3.8, 4) is 0 Å². The Kier molecular flexibility index (Phi) is 3.10. The summed E-state index contributed by atoms with van der Waals surface area (Å²) in [6.07, 6.45) is 3.73. The molecule has 0 saturated heterocycles. The summed E-state index contributed by atoms with van der Waals surface area (Å²) in [6.45, 7) is 1.09. The molecule has 0 bridgehead atoms. The zero-order valence-corrected chi connectivity index (χ0v) is 14.3. The van der Waals surface area contributed by atoms with Gasteiger partial charge >= 0.3 is 5.69 Å². The lowest BCUT2D eigenvalue weighted by atomic mass is 10.0. The van der Waals surface area contributed by atoms with E-state index in [0.717, 1.165) is 20.7 Å². The number of aromatic amines is 1. The van der Waals surface area contributed by atoms with Gasteiger partial charge in [-0.3, -0.25) is 9.20 Å². The molecule has 10 heteroatoms. The van der Waals surface area contributed by atoms with E-state index >= 15 is 0 Å². The van der Waals surface area contributed by atoms with Crippen LogP contribution in [0.5, 0.6) is 0 Å². The number of carbonyl (C=O) groups excluding carboxylic acids is 1. The van der Waals surface area contributed by atoms with E-state index in [9.17, 15) is 9.59 Å². The molecule has 0 aromatic carbocycles. The molecular formula is C16H13N7O2S. The molecule has 0 atom stereocenters. The number of rotatable bonds is 1. The standard InChI is InChI=1S/C16H13N7O2S/c17-13-12-9-2-3-22(6-10(9)26-14(12)19-7-18-13)15(24)8-1-4-23-11(5-8)20-21-16(23)25/h1,4-5,7H,2-3,6H2,(H,21,25)(H2,17,18,19). The molecule has 0 fully saturated rings. The molecule has 4 aromatic rings. The molecule has 130 valence electrons. The average molecular weight is 367 g/mol. The number of H-pyrrole nitrogens is 1. The molecule has 1 amide bonds. The van der Waals surface area contributed by atoms with Crippen LogP contribution < -0.4 is 11.4 Å². The summed E-state index contributed by atoms with van der Waals surface area (Å²) < 4.78 is 1.36. The minimum atomic E-state index is -0.328. The van der Waals surface area contributed by atoms with Crippen molar-refractivity contribution in [1.29, 1.82) is 0 Å². The molecule has 4 aromatic heterocycles. The third-order valence-electron chi connectivity index (χ3n) is 4.62. The number of hydrogen-bond donors (Lipinski definition) is 2. The molecule has 0 unspecified atom stereocenters. The minimum absolute atomic E-state index is 0.0925. The number of fused-ring (bicyclic) bond motifs is 4. The Morgan fingerprint density at radius 1 is 1.35 bits per heavy atom. The summed E-state index contributed by atoms with van der Waals surface area (Å²) in [5.74, 6) is 0.395. The molecular weight excluding hydrogens is 354 g/mol. The summed E-state index contributed by atoms with van der Waals surface area (Å²) in [4.78, 5) is 36.5. The second kappa shape index (κ2) is 5.36. The Labute approximate surface area is 150 Å². The molecule has 0 spiro atoms. The maximum Gasteiger partial charge on any atom is 0.347 e. The first-order chi connectivity index (χ1) is 12.6. The van der Waals surface area contributed by atoms with Crippen molar-refractivity contribution < 1.29 is 4.79 Å². The summed E-state index contributed by atoms with van der Waals surface area (Å²) in [5, 5.41) is 7.19. The molecule has 5 rings (SSSR count). The molecule has 3 N–H and O–H groups in total. The predicted octanol–water partition coefficient (Wildman–Crippen LogP) is 0.808. The normalized spacial score (nSPS) is 14.1. The van der Waals surface area contributed by atoms with Crippen molar-refractivity contribution in [2.75, 3.05) is 12.3 Å². The van der Waals surface area contributed by atoms with E-state index < -0.39 is 0 Å². The van der Waals surface area contributed by atoms with Gasteiger partial charge in [-0.2, -0.15) is 5.10 Å². The SMILES string of the molecule is Nc1ncnc2sc3c(c12)CCN(C(=O)c1ccn2c(=O)[nH]nc2c1)C3. The van der Waals surface area contributed by atoms with Crippen LogP contribution in [0.2, 0.25) is 0 Å². The zero-order chi connectivity index (χ0) is 17.8. The number of pyridine rings is 1. The molecule has 0 radical (unpaired) electrons. The van der Waals surface area contributed by atoms with Gasteiger partial charge in [-0.15, -0.1) is 11.3 Å². The smallest absolute Gasteiger partial charge is 0.347 e. The van der Waals surface area contributed by atoms with E-state index in [1.807, 2.05) is 0 Å². The van der Waals surface area contributed by atoms with E-state index in [4.69, 9.17) is 5.73 Å². The second-order valence-corrected chi connectivity index (χ2v) is 7.18. The van der Waals surface area contributed by atoms with Gasteiger partial charge in [0.2, 0.25) is 0 Å². The number of nitrogens with one attached hydrogen (secondary N) is 1. The average Bonchev–Trinajstić information content (AvgIpc) is 3.21. The Morgan fingerprint density at radius 2 is 2.23 bits per heavy atom. The van der Waals surface area contributed by atoms with E-state index in [1.165, 1.54) is 10.7 Å². The number of nitrogen functional groups attached to an aromatic ring is 1. The van der Waals surface area contributed by atoms with Crippen LogP contribution in [0.3, 0.4) is 0 Å². The second-order valence-electron chi connectivity index (χ2n) is 6.09. The van der Waals surface area contributed by atoms with E-state index in [2.05, 4.69) is 20.2 Å². The fourth-order valence-corrected chi connectivity index (χ4v) is 4.56. The van der Waals surface area contributed by atoms with Gasteiger partial charge in [0.25, 0.3) is 5.91 Å². The monoisotopic (exact) mass is 367 g/mol. The van der Waals surface area contributed by atoms with Gasteiger partial charge in [0.15, 0.2) is 5.65 Å². The maximum absolute atomic E-state index is 12.9. The van der Waals surface area contributed by atoms with Crippen LogP contribution in [-0.2, 0) is 13.0 Å². The van der Waals surface area contributed by atoms with Crippen LogP contribution in [0.25, 0.3) is 15.9 Å². The van der Waals surface area contributed by atoms with Crippen LogP contribution >= 0.6 is 11.3 Å². The first-order valence-electron chi connectivity index (χ1n) is 7.98. The molecule has 0 saturated carbocycles. The van der Waals surface area contributed by atoms with Crippen LogP contribution in [0.1, 0.15) is 20.8 Å². The van der Waals surface area contributed by atoms with E-state index in [0.29, 0.717) is 36.5 Å². The molecule has 0 aliphatic carbocycles. The number of thiophene rings is 1. The number of amides is 1. The zero-order valence-electron chi connectivity index (χ0n) is 13.5. The largest absolute Gasteiger partial charge is 0.383 e. The Hall–Kier alpha value is -3.27. The summed E-state index contributed by atoms with van der Waals surface area (Å²) in [7, 11) is 0. The summed E-state index contributed by atoms with van der Waals surface area (Å²) in [5.41, 5.74) is 7.73. The van der Waals surface area contributed by atoms with Crippen LogP contribution in [0, 0.1) is 0 Å². The highest BCUT2D eigenvalue weighted by Gasteiger charge is 2.26. The lowest BCUT2D eigenvalue weighted by Gasteiger charge is -2.27. The lowest BCUT2D eigenvalue weighted by Crippen LogP contribution is -2.35. The van der Waals surface area contributed by atoms with Gasteiger partial charge in [-0.05, 0) is 24.1 Å². The predicted molar refractivity (Wildman–Crippen MR) is 96.1 cm³/mol. The number of anilines is 1. The van der Waals surface area contributed by atoms with E-state index in [-0.39, 0.29) is 11.6 Å². The fourth-order valence-electron chi connectivity index (χ4n) is 3.35. The quantitative estimate of drug-likeness (QED) is 0.513. The maximum atomic E-state index is 12.9. The van der Waals surface area contributed by atoms with Crippen molar-refractivity contribution in [3.05, 3.63) is 51.1 Å². The van der Waals surface area contributed by atoms with Crippen molar-refractivity contribution >= 4 is 38.9 Å². The highest BCUT2D eigenvalue weighted by molar-refractivity contribution is 7.19. The Bertz CT molecular complexity index is 1240. The van der Waals surface area contributed by atoms with Crippen molar-refractivity contribution in [2.45, 2.75) is 13.0 Å². The molecule has 1 aliphatic rings. The first kappa shape index (κ1) is 15.0. The number of aromatic nitrogens is 5.